The van der Waals surface area contributed by atoms with Crippen molar-refractivity contribution in [1.29, 1.82) is 0 Å². The van der Waals surface area contributed by atoms with Crippen LogP contribution in [-0.2, 0) is 4.79 Å². The molecule has 10 heteroatoms. The minimum absolute atomic E-state index is 0.0271. The number of nitrogens with zero attached hydrogens (tertiary/aromatic N) is 3. The second-order valence-corrected chi connectivity index (χ2v) is 6.15. The van der Waals surface area contributed by atoms with Gasteiger partial charge in [-0.25, -0.2) is 0 Å². The summed E-state index contributed by atoms with van der Waals surface area (Å²) in [5.41, 5.74) is 0. The van der Waals surface area contributed by atoms with Crippen molar-refractivity contribution in [2.75, 3.05) is 10.6 Å². The lowest BCUT2D eigenvalue weighted by Gasteiger charge is -2.17. The Bertz CT molecular complexity index is 705. The average Bonchev–Trinajstić information content (AvgIpc) is 2.98. The molecular formula is C14H16F3N5OS. The summed E-state index contributed by atoms with van der Waals surface area (Å²) < 4.78 is 38.8. The zero-order valence-corrected chi connectivity index (χ0v) is 14.0. The standard InChI is InChI=1S/C14H16F3N5OS/c1-7(14(15,16)17)11-20-12(22-13(21-11)19-9(3)23)18-8(2)10-5-4-6-24-10/h4-8H,1-3H3,(H2,18,19,20,21,22,23). The first kappa shape index (κ1) is 18.1. The Morgan fingerprint density at radius 2 is 1.88 bits per heavy atom. The van der Waals surface area contributed by atoms with Gasteiger partial charge in [0.25, 0.3) is 0 Å². The molecule has 2 aromatic rings. The van der Waals surface area contributed by atoms with Crippen LogP contribution in [0.3, 0.4) is 0 Å². The number of thiophene rings is 1. The average molecular weight is 359 g/mol. The van der Waals surface area contributed by atoms with Crippen molar-refractivity contribution in [3.63, 3.8) is 0 Å². The molecule has 0 fully saturated rings. The predicted octanol–water partition coefficient (Wildman–Crippen LogP) is 3.73. The van der Waals surface area contributed by atoms with E-state index in [4.69, 9.17) is 0 Å². The fourth-order valence-electron chi connectivity index (χ4n) is 1.81. The largest absolute Gasteiger partial charge is 0.398 e. The number of alkyl halides is 3. The summed E-state index contributed by atoms with van der Waals surface area (Å²) in [5, 5.41) is 7.12. The van der Waals surface area contributed by atoms with E-state index in [1.54, 1.807) is 0 Å². The summed E-state index contributed by atoms with van der Waals surface area (Å²) in [6.07, 6.45) is -4.49. The smallest absolute Gasteiger partial charge is 0.347 e. The highest BCUT2D eigenvalue weighted by molar-refractivity contribution is 7.10. The van der Waals surface area contributed by atoms with Gasteiger partial charge in [0, 0.05) is 11.8 Å². The van der Waals surface area contributed by atoms with E-state index in [0.29, 0.717) is 0 Å². The van der Waals surface area contributed by atoms with Crippen molar-refractivity contribution >= 4 is 29.1 Å². The van der Waals surface area contributed by atoms with Gasteiger partial charge in [0.15, 0.2) is 0 Å². The first-order valence-electron chi connectivity index (χ1n) is 7.07. The van der Waals surface area contributed by atoms with Gasteiger partial charge in [-0.1, -0.05) is 6.07 Å². The fraction of sp³-hybridized carbons (Fsp3) is 0.429. The Labute approximate surface area is 140 Å². The molecular weight excluding hydrogens is 343 g/mol. The molecule has 2 rings (SSSR count). The normalized spacial score (nSPS) is 14.1. The molecule has 2 aromatic heterocycles. The van der Waals surface area contributed by atoms with Gasteiger partial charge in [0.05, 0.1) is 6.04 Å². The van der Waals surface area contributed by atoms with Gasteiger partial charge in [-0.15, -0.1) is 11.3 Å². The zero-order chi connectivity index (χ0) is 17.9. The molecule has 0 aromatic carbocycles. The number of amides is 1. The van der Waals surface area contributed by atoms with Crippen LogP contribution in [0.15, 0.2) is 17.5 Å². The predicted molar refractivity (Wildman–Crippen MR) is 85.0 cm³/mol. The lowest BCUT2D eigenvalue weighted by Crippen LogP contribution is -2.23. The van der Waals surface area contributed by atoms with Gasteiger partial charge in [-0.3, -0.25) is 10.1 Å². The number of rotatable bonds is 5. The molecule has 0 radical (unpaired) electrons. The van der Waals surface area contributed by atoms with Crippen molar-refractivity contribution < 1.29 is 18.0 Å². The van der Waals surface area contributed by atoms with Crippen molar-refractivity contribution in [3.8, 4) is 0 Å². The van der Waals surface area contributed by atoms with E-state index in [2.05, 4.69) is 25.6 Å². The number of carbonyl (C=O) groups excluding carboxylic acids is 1. The summed E-state index contributed by atoms with van der Waals surface area (Å²) in [6, 6.07) is 3.55. The molecule has 0 aliphatic rings. The van der Waals surface area contributed by atoms with Crippen LogP contribution in [0.2, 0.25) is 0 Å². The third-order valence-corrected chi connectivity index (χ3v) is 4.19. The van der Waals surface area contributed by atoms with E-state index < -0.39 is 23.8 Å². The van der Waals surface area contributed by atoms with E-state index in [-0.39, 0.29) is 17.9 Å². The molecule has 2 atom stereocenters. The number of hydrogen-bond acceptors (Lipinski definition) is 6. The number of hydrogen-bond donors (Lipinski definition) is 2. The van der Waals surface area contributed by atoms with Gasteiger partial charge in [-0.2, -0.15) is 28.1 Å². The highest BCUT2D eigenvalue weighted by Gasteiger charge is 2.39. The van der Waals surface area contributed by atoms with Gasteiger partial charge < -0.3 is 5.32 Å². The zero-order valence-electron chi connectivity index (χ0n) is 13.2. The minimum atomic E-state index is -4.49. The van der Waals surface area contributed by atoms with E-state index in [0.717, 1.165) is 11.8 Å². The van der Waals surface area contributed by atoms with Crippen LogP contribution in [-0.4, -0.2) is 27.0 Å². The lowest BCUT2D eigenvalue weighted by atomic mass is 10.1. The molecule has 0 saturated carbocycles. The van der Waals surface area contributed by atoms with Gasteiger partial charge in [0.2, 0.25) is 17.8 Å². The summed E-state index contributed by atoms with van der Waals surface area (Å²) >= 11 is 1.50. The van der Waals surface area contributed by atoms with Gasteiger partial charge in [0.1, 0.15) is 11.7 Å². The lowest BCUT2D eigenvalue weighted by molar-refractivity contribution is -0.147. The molecule has 130 valence electrons. The van der Waals surface area contributed by atoms with E-state index in [1.807, 2.05) is 24.4 Å². The Balaban J connectivity index is 2.33. The van der Waals surface area contributed by atoms with Crippen LogP contribution < -0.4 is 10.6 Å². The third kappa shape index (κ3) is 4.63. The summed E-state index contributed by atoms with van der Waals surface area (Å²) in [6.45, 7) is 4.01. The van der Waals surface area contributed by atoms with Crippen LogP contribution in [0.4, 0.5) is 25.1 Å². The molecule has 0 aliphatic heterocycles. The van der Waals surface area contributed by atoms with Crippen molar-refractivity contribution in [2.24, 2.45) is 0 Å². The molecule has 0 aliphatic carbocycles. The quantitative estimate of drug-likeness (QED) is 0.850. The van der Waals surface area contributed by atoms with Crippen molar-refractivity contribution in [1.82, 2.24) is 15.0 Å². The number of halogens is 3. The molecule has 0 bridgehead atoms. The maximum absolute atomic E-state index is 12.9. The fourth-order valence-corrected chi connectivity index (χ4v) is 2.55. The molecule has 2 heterocycles. The van der Waals surface area contributed by atoms with Gasteiger partial charge in [-0.05, 0) is 25.3 Å². The number of anilines is 2. The van der Waals surface area contributed by atoms with E-state index in [9.17, 15) is 18.0 Å². The second-order valence-electron chi connectivity index (χ2n) is 5.17. The van der Waals surface area contributed by atoms with Crippen LogP contribution in [0.25, 0.3) is 0 Å². The molecule has 0 saturated heterocycles. The summed E-state index contributed by atoms with van der Waals surface area (Å²) in [4.78, 5) is 23.6. The first-order valence-corrected chi connectivity index (χ1v) is 7.95. The third-order valence-electron chi connectivity index (χ3n) is 3.13. The molecule has 24 heavy (non-hydrogen) atoms. The number of carbonyl (C=O) groups is 1. The van der Waals surface area contributed by atoms with Crippen molar-refractivity contribution in [3.05, 3.63) is 28.2 Å². The monoisotopic (exact) mass is 359 g/mol. The minimum Gasteiger partial charge on any atom is -0.347 e. The Hall–Kier alpha value is -2.23. The molecule has 2 unspecified atom stereocenters. The number of nitrogens with one attached hydrogen (secondary N) is 2. The number of aromatic nitrogens is 3. The summed E-state index contributed by atoms with van der Waals surface area (Å²) in [7, 11) is 0. The molecule has 1 amide bonds. The highest BCUT2D eigenvalue weighted by Crippen LogP contribution is 2.33. The van der Waals surface area contributed by atoms with Crippen LogP contribution in [0.1, 0.15) is 43.4 Å². The molecule has 2 N–H and O–H groups in total. The molecule has 0 spiro atoms. The maximum Gasteiger partial charge on any atom is 0.398 e. The highest BCUT2D eigenvalue weighted by atomic mass is 32.1. The van der Waals surface area contributed by atoms with Crippen LogP contribution in [0.5, 0.6) is 0 Å². The van der Waals surface area contributed by atoms with Gasteiger partial charge >= 0.3 is 6.18 Å². The second kappa shape index (κ2) is 7.12. The van der Waals surface area contributed by atoms with Crippen LogP contribution >= 0.6 is 11.3 Å². The Morgan fingerprint density at radius 1 is 1.21 bits per heavy atom. The van der Waals surface area contributed by atoms with Crippen LogP contribution in [0, 0.1) is 0 Å². The Kier molecular flexibility index (Phi) is 5.37. The van der Waals surface area contributed by atoms with E-state index >= 15 is 0 Å². The van der Waals surface area contributed by atoms with Crippen molar-refractivity contribution in [2.45, 2.75) is 38.9 Å². The Morgan fingerprint density at radius 3 is 2.42 bits per heavy atom. The molecule has 6 nitrogen and oxygen atoms in total. The topological polar surface area (TPSA) is 79.8 Å². The summed E-state index contributed by atoms with van der Waals surface area (Å²) in [5.74, 6) is -3.07. The maximum atomic E-state index is 12.9. The SMILES string of the molecule is CC(=O)Nc1nc(NC(C)c2cccs2)nc(C(C)C(F)(F)F)n1. The first-order chi connectivity index (χ1) is 11.2. The van der Waals surface area contributed by atoms with E-state index in [1.165, 1.54) is 18.3 Å².